The van der Waals surface area contributed by atoms with Gasteiger partial charge in [-0.3, -0.25) is 19.7 Å². The number of hydrogen-bond donors (Lipinski definition) is 2. The summed E-state index contributed by atoms with van der Waals surface area (Å²) in [5, 5.41) is 6.36. The van der Waals surface area contributed by atoms with E-state index >= 15 is 0 Å². The molecular formula is C33H37N5O. The lowest BCUT2D eigenvalue weighted by Gasteiger charge is -2.32. The highest BCUT2D eigenvalue weighted by Crippen LogP contribution is 2.34. The molecule has 1 atom stereocenters. The van der Waals surface area contributed by atoms with Crippen molar-refractivity contribution in [3.63, 3.8) is 0 Å². The number of hydrogen-bond acceptors (Lipinski definition) is 5. The van der Waals surface area contributed by atoms with E-state index in [0.717, 1.165) is 50.4 Å². The van der Waals surface area contributed by atoms with Crippen LogP contribution in [0.3, 0.4) is 0 Å². The normalized spacial score (nSPS) is 15.0. The van der Waals surface area contributed by atoms with Crippen LogP contribution in [0, 0.1) is 0 Å². The van der Waals surface area contributed by atoms with Crippen LogP contribution in [0.4, 0.5) is 5.69 Å². The maximum absolute atomic E-state index is 11.4. The Hall–Kier alpha value is -3.87. The molecule has 200 valence electrons. The van der Waals surface area contributed by atoms with Crippen molar-refractivity contribution in [3.8, 4) is 0 Å². The zero-order chi connectivity index (χ0) is 26.9. The molecule has 6 heteroatoms. The topological polar surface area (TPSA) is 70.2 Å². The number of aryl methyl sites for hydroxylation is 1. The number of rotatable bonds is 10. The fraction of sp³-hybridized carbons (Fsp3) is 0.303. The summed E-state index contributed by atoms with van der Waals surface area (Å²) in [6.07, 6.45) is 8.36. The lowest BCUT2D eigenvalue weighted by molar-refractivity contribution is -0.114. The monoisotopic (exact) mass is 519 g/mol. The van der Waals surface area contributed by atoms with Crippen molar-refractivity contribution >= 4 is 11.6 Å². The van der Waals surface area contributed by atoms with E-state index in [4.69, 9.17) is 4.98 Å². The first kappa shape index (κ1) is 26.7. The van der Waals surface area contributed by atoms with Crippen LogP contribution in [0.5, 0.6) is 0 Å². The molecule has 1 aliphatic carbocycles. The number of fused-ring (bicyclic) bond motifs is 1. The molecule has 2 heterocycles. The molecule has 2 aromatic heterocycles. The van der Waals surface area contributed by atoms with Gasteiger partial charge in [0.2, 0.25) is 5.91 Å². The molecule has 1 aliphatic rings. The van der Waals surface area contributed by atoms with Crippen LogP contribution in [0.25, 0.3) is 0 Å². The number of pyridine rings is 2. The van der Waals surface area contributed by atoms with Gasteiger partial charge in [-0.25, -0.2) is 0 Å². The Morgan fingerprint density at radius 1 is 0.821 bits per heavy atom. The van der Waals surface area contributed by atoms with Crippen LogP contribution in [0.15, 0.2) is 91.3 Å². The van der Waals surface area contributed by atoms with E-state index in [9.17, 15) is 4.79 Å². The largest absolute Gasteiger partial charge is 0.326 e. The van der Waals surface area contributed by atoms with E-state index in [1.807, 2.05) is 42.7 Å². The van der Waals surface area contributed by atoms with Gasteiger partial charge in [0.05, 0.1) is 17.4 Å². The number of aromatic nitrogens is 2. The molecule has 0 spiro atoms. The third-order valence-corrected chi connectivity index (χ3v) is 7.29. The molecular weight excluding hydrogens is 482 g/mol. The number of amides is 1. The minimum absolute atomic E-state index is 0.0547. The summed E-state index contributed by atoms with van der Waals surface area (Å²) in [6, 6.07) is 27.7. The number of carbonyl (C=O) groups is 1. The molecule has 6 nitrogen and oxygen atoms in total. The van der Waals surface area contributed by atoms with Gasteiger partial charge in [-0.15, -0.1) is 0 Å². The van der Waals surface area contributed by atoms with Crippen LogP contribution in [0.1, 0.15) is 65.9 Å². The first-order valence-electron chi connectivity index (χ1n) is 13.9. The van der Waals surface area contributed by atoms with Gasteiger partial charge in [-0.2, -0.15) is 0 Å². The summed E-state index contributed by atoms with van der Waals surface area (Å²) in [6.45, 7) is 4.75. The van der Waals surface area contributed by atoms with Crippen LogP contribution in [0.2, 0.25) is 0 Å². The molecule has 0 radical (unpaired) electrons. The lowest BCUT2D eigenvalue weighted by Crippen LogP contribution is -2.29. The summed E-state index contributed by atoms with van der Waals surface area (Å²) < 4.78 is 0. The summed E-state index contributed by atoms with van der Waals surface area (Å²) in [5.41, 5.74) is 8.25. The summed E-state index contributed by atoms with van der Waals surface area (Å²) >= 11 is 0. The maximum Gasteiger partial charge on any atom is 0.221 e. The maximum atomic E-state index is 11.4. The molecule has 0 fully saturated rings. The standard InChI is InChI=1S/C33H37N5O/c1-25(39)37-30-17-15-28(16-18-30)24-38(32-10-3-2-7-29-8-6-20-36-33(29)32)23-27-13-11-26(12-14-27)21-34-22-31-9-4-5-19-35-31/h4-6,8-9,11-20,32,34H,2-3,7,10,21-24H2,1H3,(H,37,39). The third-order valence-electron chi connectivity index (χ3n) is 7.29. The second-order valence-corrected chi connectivity index (χ2v) is 10.3. The Balaban J connectivity index is 1.31. The van der Waals surface area contributed by atoms with Gasteiger partial charge < -0.3 is 10.6 Å². The molecule has 0 bridgehead atoms. The van der Waals surface area contributed by atoms with Gasteiger partial charge in [0.15, 0.2) is 0 Å². The second kappa shape index (κ2) is 13.3. The van der Waals surface area contributed by atoms with Crippen molar-refractivity contribution < 1.29 is 4.79 Å². The van der Waals surface area contributed by atoms with Crippen LogP contribution < -0.4 is 10.6 Å². The molecule has 0 saturated heterocycles. The van der Waals surface area contributed by atoms with E-state index < -0.39 is 0 Å². The second-order valence-electron chi connectivity index (χ2n) is 10.3. The van der Waals surface area contributed by atoms with Gasteiger partial charge in [0.1, 0.15) is 0 Å². The number of carbonyl (C=O) groups excluding carboxylic acids is 1. The third kappa shape index (κ3) is 7.59. The highest BCUT2D eigenvalue weighted by molar-refractivity contribution is 5.88. The van der Waals surface area contributed by atoms with Crippen molar-refractivity contribution in [2.45, 2.75) is 64.8 Å². The van der Waals surface area contributed by atoms with Gasteiger partial charge >= 0.3 is 0 Å². The highest BCUT2D eigenvalue weighted by atomic mass is 16.1. The molecule has 2 aromatic carbocycles. The average Bonchev–Trinajstić information content (AvgIpc) is 3.18. The summed E-state index contributed by atoms with van der Waals surface area (Å²) in [5.74, 6) is -0.0547. The van der Waals surface area contributed by atoms with Crippen molar-refractivity contribution in [3.05, 3.63) is 125 Å². The van der Waals surface area contributed by atoms with Gasteiger partial charge in [-0.1, -0.05) is 55.0 Å². The predicted molar refractivity (Wildman–Crippen MR) is 156 cm³/mol. The number of benzene rings is 2. The summed E-state index contributed by atoms with van der Waals surface area (Å²) in [7, 11) is 0. The van der Waals surface area contributed by atoms with E-state index in [0.29, 0.717) is 0 Å². The fourth-order valence-electron chi connectivity index (χ4n) is 5.35. The Morgan fingerprint density at radius 3 is 2.26 bits per heavy atom. The number of nitrogens with one attached hydrogen (secondary N) is 2. The van der Waals surface area contributed by atoms with Gasteiger partial charge in [0.25, 0.3) is 0 Å². The van der Waals surface area contributed by atoms with Crippen molar-refractivity contribution in [1.29, 1.82) is 0 Å². The molecule has 1 amide bonds. The molecule has 1 unspecified atom stereocenters. The molecule has 4 aromatic rings. The Morgan fingerprint density at radius 2 is 1.54 bits per heavy atom. The first-order chi connectivity index (χ1) is 19.1. The molecule has 0 aliphatic heterocycles. The lowest BCUT2D eigenvalue weighted by atomic mass is 10.0. The van der Waals surface area contributed by atoms with E-state index in [1.165, 1.54) is 47.7 Å². The Bertz CT molecular complexity index is 1340. The number of nitrogens with zero attached hydrogens (tertiary/aromatic N) is 3. The number of anilines is 1. The predicted octanol–water partition coefficient (Wildman–Crippen LogP) is 6.19. The SMILES string of the molecule is CC(=O)Nc1ccc(CN(Cc2ccc(CNCc3ccccn3)cc2)C2CCCCc3cccnc32)cc1. The van der Waals surface area contributed by atoms with Crippen LogP contribution in [-0.2, 0) is 37.4 Å². The highest BCUT2D eigenvalue weighted by Gasteiger charge is 2.26. The Kier molecular flexibility index (Phi) is 9.09. The minimum atomic E-state index is -0.0547. The van der Waals surface area contributed by atoms with Crippen LogP contribution in [-0.4, -0.2) is 20.8 Å². The average molecular weight is 520 g/mol. The summed E-state index contributed by atoms with van der Waals surface area (Å²) in [4.78, 5) is 23.3. The van der Waals surface area contributed by atoms with Crippen molar-refractivity contribution in [1.82, 2.24) is 20.2 Å². The molecule has 5 rings (SSSR count). The fourth-order valence-corrected chi connectivity index (χ4v) is 5.35. The molecule has 39 heavy (non-hydrogen) atoms. The van der Waals surface area contributed by atoms with E-state index in [1.54, 1.807) is 0 Å². The van der Waals surface area contributed by atoms with Crippen LogP contribution >= 0.6 is 0 Å². The quantitative estimate of drug-likeness (QED) is 0.244. The van der Waals surface area contributed by atoms with E-state index in [2.05, 4.69) is 69.0 Å². The van der Waals surface area contributed by atoms with Crippen molar-refractivity contribution in [2.75, 3.05) is 5.32 Å². The zero-order valence-corrected chi connectivity index (χ0v) is 22.6. The minimum Gasteiger partial charge on any atom is -0.326 e. The zero-order valence-electron chi connectivity index (χ0n) is 22.6. The van der Waals surface area contributed by atoms with Gasteiger partial charge in [-0.05, 0) is 71.8 Å². The first-order valence-corrected chi connectivity index (χ1v) is 13.9. The van der Waals surface area contributed by atoms with Gasteiger partial charge in [0, 0.05) is 51.2 Å². The molecule has 0 saturated carbocycles. The van der Waals surface area contributed by atoms with E-state index in [-0.39, 0.29) is 11.9 Å². The Labute approximate surface area is 231 Å². The smallest absolute Gasteiger partial charge is 0.221 e. The molecule has 2 N–H and O–H groups in total. The van der Waals surface area contributed by atoms with Crippen molar-refractivity contribution in [2.24, 2.45) is 0 Å².